The van der Waals surface area contributed by atoms with Crippen molar-refractivity contribution in [1.29, 1.82) is 0 Å². The summed E-state index contributed by atoms with van der Waals surface area (Å²) in [6.45, 7) is 7.33. The van der Waals surface area contributed by atoms with Crippen molar-refractivity contribution in [2.75, 3.05) is 19.8 Å². The lowest BCUT2D eigenvalue weighted by Crippen LogP contribution is -2.75. The van der Waals surface area contributed by atoms with Crippen LogP contribution in [0.15, 0.2) is 54.6 Å². The fourth-order valence-corrected chi connectivity index (χ4v) is 3.75. The molecule has 28 heavy (non-hydrogen) atoms. The first-order valence-corrected chi connectivity index (χ1v) is 9.86. The number of hydrogen-bond donors (Lipinski definition) is 2. The van der Waals surface area contributed by atoms with Gasteiger partial charge in [-0.1, -0.05) is 62.4 Å². The average molecular weight is 383 g/mol. The average Bonchev–Trinajstić information content (AvgIpc) is 2.71. The van der Waals surface area contributed by atoms with E-state index in [4.69, 9.17) is 15.2 Å². The van der Waals surface area contributed by atoms with Gasteiger partial charge in [-0.05, 0) is 18.6 Å². The fourth-order valence-electron chi connectivity index (χ4n) is 3.75. The first-order chi connectivity index (χ1) is 13.4. The summed E-state index contributed by atoms with van der Waals surface area (Å²) in [6.07, 6.45) is 0.555. The molecule has 0 bridgehead atoms. The number of rotatable bonds is 8. The third-order valence-corrected chi connectivity index (χ3v) is 5.85. The molecule has 1 aliphatic rings. The number of nitrogens with two attached hydrogens (primary N) is 1. The predicted octanol–water partition coefficient (Wildman–Crippen LogP) is 3.38. The Bertz CT molecular complexity index is 807. The van der Waals surface area contributed by atoms with Crippen molar-refractivity contribution in [3.63, 3.8) is 0 Å². The molecular formula is C23H30N2O3. The summed E-state index contributed by atoms with van der Waals surface area (Å²) in [4.78, 5) is 12.7. The zero-order valence-electron chi connectivity index (χ0n) is 16.9. The fraction of sp³-hybridized carbons (Fsp3) is 0.435. The van der Waals surface area contributed by atoms with Crippen LogP contribution in [-0.2, 0) is 9.53 Å². The van der Waals surface area contributed by atoms with Gasteiger partial charge in [0.25, 0.3) is 0 Å². The van der Waals surface area contributed by atoms with Gasteiger partial charge >= 0.3 is 0 Å². The first kappa shape index (κ1) is 20.4. The zero-order valence-corrected chi connectivity index (χ0v) is 16.9. The van der Waals surface area contributed by atoms with E-state index in [2.05, 4.69) is 17.4 Å². The SMILES string of the molecule is CCOC1CC(N)(C(=O)NCCOc2ccccc2-c2ccccc2)C1(C)C. The minimum absolute atomic E-state index is 0.0160. The summed E-state index contributed by atoms with van der Waals surface area (Å²) in [5, 5.41) is 2.93. The second-order valence-corrected chi connectivity index (χ2v) is 7.81. The van der Waals surface area contributed by atoms with Crippen LogP contribution in [0.4, 0.5) is 0 Å². The molecule has 150 valence electrons. The molecule has 1 saturated carbocycles. The lowest BCUT2D eigenvalue weighted by molar-refractivity contribution is -0.170. The summed E-state index contributed by atoms with van der Waals surface area (Å²) >= 11 is 0. The molecule has 0 heterocycles. The molecule has 1 fully saturated rings. The number of nitrogens with one attached hydrogen (secondary N) is 1. The van der Waals surface area contributed by atoms with Crippen LogP contribution >= 0.6 is 0 Å². The van der Waals surface area contributed by atoms with Crippen molar-refractivity contribution in [1.82, 2.24) is 5.32 Å². The number of ether oxygens (including phenoxy) is 2. The second-order valence-electron chi connectivity index (χ2n) is 7.81. The molecule has 2 aromatic carbocycles. The maximum Gasteiger partial charge on any atom is 0.240 e. The maximum atomic E-state index is 12.7. The topological polar surface area (TPSA) is 73.6 Å². The van der Waals surface area contributed by atoms with Gasteiger partial charge in [0, 0.05) is 24.0 Å². The number of hydrogen-bond acceptors (Lipinski definition) is 4. The van der Waals surface area contributed by atoms with E-state index < -0.39 is 11.0 Å². The Morgan fingerprint density at radius 1 is 1.14 bits per heavy atom. The van der Waals surface area contributed by atoms with Gasteiger partial charge in [-0.25, -0.2) is 0 Å². The molecule has 5 nitrogen and oxygen atoms in total. The summed E-state index contributed by atoms with van der Waals surface area (Å²) in [7, 11) is 0. The van der Waals surface area contributed by atoms with Gasteiger partial charge in [0.1, 0.15) is 17.9 Å². The monoisotopic (exact) mass is 382 g/mol. The Balaban J connectivity index is 1.54. The van der Waals surface area contributed by atoms with Crippen LogP contribution in [0.1, 0.15) is 27.2 Å². The number of benzene rings is 2. The Labute approximate surface area is 167 Å². The largest absolute Gasteiger partial charge is 0.491 e. The lowest BCUT2D eigenvalue weighted by Gasteiger charge is -2.57. The van der Waals surface area contributed by atoms with Crippen LogP contribution in [-0.4, -0.2) is 37.3 Å². The van der Waals surface area contributed by atoms with E-state index in [-0.39, 0.29) is 12.0 Å². The van der Waals surface area contributed by atoms with Crippen molar-refractivity contribution < 1.29 is 14.3 Å². The first-order valence-electron chi connectivity index (χ1n) is 9.86. The van der Waals surface area contributed by atoms with Crippen molar-refractivity contribution >= 4 is 5.91 Å². The Hall–Kier alpha value is -2.37. The third kappa shape index (κ3) is 3.77. The molecule has 0 saturated heterocycles. The van der Waals surface area contributed by atoms with E-state index in [9.17, 15) is 4.79 Å². The van der Waals surface area contributed by atoms with E-state index in [0.717, 1.165) is 16.9 Å². The van der Waals surface area contributed by atoms with Gasteiger partial charge in [-0.3, -0.25) is 4.79 Å². The zero-order chi connectivity index (χ0) is 20.2. The van der Waals surface area contributed by atoms with Crippen molar-refractivity contribution in [2.45, 2.75) is 38.8 Å². The summed E-state index contributed by atoms with van der Waals surface area (Å²) < 4.78 is 11.6. The van der Waals surface area contributed by atoms with Gasteiger partial charge in [0.05, 0.1) is 12.6 Å². The molecule has 0 aromatic heterocycles. The van der Waals surface area contributed by atoms with Crippen LogP contribution in [0, 0.1) is 5.41 Å². The highest BCUT2D eigenvalue weighted by Crippen LogP contribution is 2.49. The van der Waals surface area contributed by atoms with E-state index in [1.807, 2.05) is 63.2 Å². The molecule has 0 spiro atoms. The second kappa shape index (κ2) is 8.33. The molecule has 3 rings (SSSR count). The quantitative estimate of drug-likeness (QED) is 0.687. The minimum Gasteiger partial charge on any atom is -0.491 e. The highest BCUT2D eigenvalue weighted by Gasteiger charge is 2.62. The molecular weight excluding hydrogens is 352 g/mol. The van der Waals surface area contributed by atoms with Crippen molar-refractivity contribution in [3.8, 4) is 16.9 Å². The standard InChI is InChI=1S/C23H30N2O3/c1-4-27-20-16-23(24,22(20,2)3)21(26)25-14-15-28-19-13-9-8-12-18(19)17-10-6-5-7-11-17/h5-13,20H,4,14-16,24H2,1-3H3,(H,25,26). The summed E-state index contributed by atoms with van der Waals surface area (Å²) in [5.74, 6) is 0.652. The molecule has 2 aromatic rings. The van der Waals surface area contributed by atoms with E-state index in [1.165, 1.54) is 0 Å². The van der Waals surface area contributed by atoms with Crippen LogP contribution in [0.25, 0.3) is 11.1 Å². The number of amides is 1. The molecule has 2 atom stereocenters. The van der Waals surface area contributed by atoms with Gasteiger partial charge in [-0.15, -0.1) is 0 Å². The summed E-state index contributed by atoms with van der Waals surface area (Å²) in [6, 6.07) is 18.0. The van der Waals surface area contributed by atoms with Crippen LogP contribution in [0.2, 0.25) is 0 Å². The summed E-state index contributed by atoms with van der Waals surface area (Å²) in [5.41, 5.74) is 7.23. The van der Waals surface area contributed by atoms with Gasteiger partial charge < -0.3 is 20.5 Å². The predicted molar refractivity (Wildman–Crippen MR) is 111 cm³/mol. The van der Waals surface area contributed by atoms with E-state index in [1.54, 1.807) is 0 Å². The van der Waals surface area contributed by atoms with Gasteiger partial charge in [0.15, 0.2) is 0 Å². The van der Waals surface area contributed by atoms with Crippen LogP contribution in [0.5, 0.6) is 5.75 Å². The highest BCUT2D eigenvalue weighted by atomic mass is 16.5. The molecule has 5 heteroatoms. The number of carbonyl (C=O) groups excluding carboxylic acids is 1. The molecule has 1 amide bonds. The van der Waals surface area contributed by atoms with Crippen LogP contribution in [0.3, 0.4) is 0 Å². The minimum atomic E-state index is -0.908. The smallest absolute Gasteiger partial charge is 0.240 e. The Kier molecular flexibility index (Phi) is 6.06. The van der Waals surface area contributed by atoms with Gasteiger partial charge in [-0.2, -0.15) is 0 Å². The number of para-hydroxylation sites is 1. The van der Waals surface area contributed by atoms with E-state index >= 15 is 0 Å². The molecule has 1 aliphatic carbocycles. The number of carbonyl (C=O) groups is 1. The molecule has 0 radical (unpaired) electrons. The van der Waals surface area contributed by atoms with Gasteiger partial charge in [0.2, 0.25) is 5.91 Å². The van der Waals surface area contributed by atoms with E-state index in [0.29, 0.717) is 26.2 Å². The highest BCUT2D eigenvalue weighted by molar-refractivity contribution is 5.88. The molecule has 3 N–H and O–H groups in total. The molecule has 2 unspecified atom stereocenters. The normalized spacial score (nSPS) is 22.9. The van der Waals surface area contributed by atoms with Crippen molar-refractivity contribution in [3.05, 3.63) is 54.6 Å². The third-order valence-electron chi connectivity index (χ3n) is 5.85. The Morgan fingerprint density at radius 2 is 1.82 bits per heavy atom. The van der Waals surface area contributed by atoms with Crippen LogP contribution < -0.4 is 15.8 Å². The lowest BCUT2D eigenvalue weighted by atomic mass is 9.54. The Morgan fingerprint density at radius 3 is 2.50 bits per heavy atom. The molecule has 0 aliphatic heterocycles. The van der Waals surface area contributed by atoms with Crippen molar-refractivity contribution in [2.24, 2.45) is 11.1 Å². The maximum absolute atomic E-state index is 12.7.